The predicted octanol–water partition coefficient (Wildman–Crippen LogP) is 3.66. The highest BCUT2D eigenvalue weighted by molar-refractivity contribution is 7.98. The van der Waals surface area contributed by atoms with Gasteiger partial charge in [-0.3, -0.25) is 14.6 Å². The Labute approximate surface area is 206 Å². The number of rotatable bonds is 7. The second kappa shape index (κ2) is 10.9. The number of nitrogens with zero attached hydrogens (tertiary/aromatic N) is 4. The predicted molar refractivity (Wildman–Crippen MR) is 127 cm³/mol. The SMILES string of the molecule is CC1CC(NC(=O)C2CCCCN2SN(C)c2c(F)cc(F)cc2F)C(=O)N1Cc1cccnc1. The number of hydrogen-bond donors (Lipinski definition) is 1. The first-order valence-electron chi connectivity index (χ1n) is 11.6. The molecular formula is C24H28F3N5O2S. The Morgan fingerprint density at radius 2 is 2.00 bits per heavy atom. The zero-order chi connectivity index (χ0) is 25.1. The van der Waals surface area contributed by atoms with Gasteiger partial charge in [0.1, 0.15) is 23.6 Å². The maximum Gasteiger partial charge on any atom is 0.245 e. The van der Waals surface area contributed by atoms with Crippen molar-refractivity contribution >= 4 is 29.6 Å². The molecule has 7 nitrogen and oxygen atoms in total. The van der Waals surface area contributed by atoms with Crippen LogP contribution in [-0.4, -0.2) is 57.7 Å². The van der Waals surface area contributed by atoms with E-state index in [2.05, 4.69) is 10.3 Å². The molecule has 2 fully saturated rings. The maximum atomic E-state index is 14.2. The number of benzene rings is 1. The lowest BCUT2D eigenvalue weighted by molar-refractivity contribution is -0.135. The molecule has 2 aliphatic heterocycles. The van der Waals surface area contributed by atoms with Crippen molar-refractivity contribution in [2.45, 2.75) is 57.3 Å². The summed E-state index contributed by atoms with van der Waals surface area (Å²) in [6.45, 7) is 2.90. The smallest absolute Gasteiger partial charge is 0.245 e. The van der Waals surface area contributed by atoms with E-state index >= 15 is 0 Å². The Hall–Kier alpha value is -2.79. The molecule has 2 aliphatic rings. The topological polar surface area (TPSA) is 68.8 Å². The quantitative estimate of drug-likeness (QED) is 0.577. The van der Waals surface area contributed by atoms with Gasteiger partial charge in [0.15, 0.2) is 11.6 Å². The van der Waals surface area contributed by atoms with Gasteiger partial charge in [0.2, 0.25) is 11.8 Å². The minimum absolute atomic E-state index is 0.0413. The van der Waals surface area contributed by atoms with Crippen molar-refractivity contribution in [1.82, 2.24) is 19.5 Å². The molecule has 1 aromatic carbocycles. The zero-order valence-corrected chi connectivity index (χ0v) is 20.4. The largest absolute Gasteiger partial charge is 0.343 e. The minimum Gasteiger partial charge on any atom is -0.343 e. The monoisotopic (exact) mass is 507 g/mol. The third-order valence-electron chi connectivity index (χ3n) is 6.36. The Morgan fingerprint density at radius 1 is 1.26 bits per heavy atom. The highest BCUT2D eigenvalue weighted by atomic mass is 32.2. The van der Waals surface area contributed by atoms with E-state index in [0.29, 0.717) is 38.1 Å². The first-order valence-corrected chi connectivity index (χ1v) is 12.3. The summed E-state index contributed by atoms with van der Waals surface area (Å²) in [6, 6.07) is 3.72. The van der Waals surface area contributed by atoms with E-state index in [9.17, 15) is 22.8 Å². The summed E-state index contributed by atoms with van der Waals surface area (Å²) < 4.78 is 44.8. The molecule has 0 aliphatic carbocycles. The van der Waals surface area contributed by atoms with E-state index in [0.717, 1.165) is 30.5 Å². The molecule has 35 heavy (non-hydrogen) atoms. The van der Waals surface area contributed by atoms with Crippen molar-refractivity contribution in [3.63, 3.8) is 0 Å². The number of amides is 2. The van der Waals surface area contributed by atoms with Crippen LogP contribution in [0.4, 0.5) is 18.9 Å². The summed E-state index contributed by atoms with van der Waals surface area (Å²) in [4.78, 5) is 32.1. The van der Waals surface area contributed by atoms with Gasteiger partial charge in [-0.25, -0.2) is 17.5 Å². The number of halogens is 3. The van der Waals surface area contributed by atoms with Crippen molar-refractivity contribution < 1.29 is 22.8 Å². The van der Waals surface area contributed by atoms with Crippen LogP contribution >= 0.6 is 12.1 Å². The molecule has 3 atom stereocenters. The molecule has 1 N–H and O–H groups in total. The van der Waals surface area contributed by atoms with Crippen molar-refractivity contribution in [2.24, 2.45) is 0 Å². The lowest BCUT2D eigenvalue weighted by Gasteiger charge is -2.36. The van der Waals surface area contributed by atoms with Gasteiger partial charge < -0.3 is 14.5 Å². The van der Waals surface area contributed by atoms with Gasteiger partial charge in [0, 0.05) is 62.8 Å². The zero-order valence-electron chi connectivity index (χ0n) is 19.6. The highest BCUT2D eigenvalue weighted by Crippen LogP contribution is 2.33. The molecule has 2 saturated heterocycles. The molecule has 188 valence electrons. The van der Waals surface area contributed by atoms with Crippen molar-refractivity contribution in [3.05, 3.63) is 59.7 Å². The molecule has 4 rings (SSSR count). The van der Waals surface area contributed by atoms with Crippen LogP contribution in [0.15, 0.2) is 36.7 Å². The second-order valence-electron chi connectivity index (χ2n) is 8.92. The van der Waals surface area contributed by atoms with Crippen LogP contribution in [0.3, 0.4) is 0 Å². The Morgan fingerprint density at radius 3 is 2.69 bits per heavy atom. The van der Waals surface area contributed by atoms with Crippen LogP contribution in [0.5, 0.6) is 0 Å². The minimum atomic E-state index is -1.02. The molecule has 0 radical (unpaired) electrons. The lowest BCUT2D eigenvalue weighted by Crippen LogP contribution is -2.51. The number of aromatic nitrogens is 1. The fourth-order valence-corrected chi connectivity index (χ4v) is 5.69. The molecule has 0 bridgehead atoms. The van der Waals surface area contributed by atoms with Crippen LogP contribution in [0.2, 0.25) is 0 Å². The maximum absolute atomic E-state index is 14.2. The fraction of sp³-hybridized carbons (Fsp3) is 0.458. The number of likely N-dealkylation sites (tertiary alicyclic amines) is 1. The summed E-state index contributed by atoms with van der Waals surface area (Å²) in [5, 5.41) is 2.90. The molecular weight excluding hydrogens is 479 g/mol. The van der Waals surface area contributed by atoms with Gasteiger partial charge in [-0.1, -0.05) is 12.5 Å². The lowest BCUT2D eigenvalue weighted by atomic mass is 10.0. The van der Waals surface area contributed by atoms with E-state index in [1.165, 1.54) is 11.4 Å². The van der Waals surface area contributed by atoms with Crippen LogP contribution in [-0.2, 0) is 16.1 Å². The molecule has 0 saturated carbocycles. The average molecular weight is 508 g/mol. The van der Waals surface area contributed by atoms with E-state index in [-0.39, 0.29) is 23.5 Å². The third-order valence-corrected chi connectivity index (χ3v) is 7.44. The summed E-state index contributed by atoms with van der Waals surface area (Å²) in [5.74, 6) is -3.47. The van der Waals surface area contributed by atoms with E-state index in [4.69, 9.17) is 0 Å². The number of pyridine rings is 1. The second-order valence-corrected chi connectivity index (χ2v) is 10.1. The van der Waals surface area contributed by atoms with Crippen molar-refractivity contribution in [3.8, 4) is 0 Å². The van der Waals surface area contributed by atoms with Crippen molar-refractivity contribution in [2.75, 3.05) is 17.9 Å². The van der Waals surface area contributed by atoms with Crippen LogP contribution < -0.4 is 9.62 Å². The Kier molecular flexibility index (Phi) is 7.85. The van der Waals surface area contributed by atoms with Crippen molar-refractivity contribution in [1.29, 1.82) is 0 Å². The molecule has 0 spiro atoms. The van der Waals surface area contributed by atoms with Gasteiger partial charge in [-0.2, -0.15) is 0 Å². The standard InChI is InChI=1S/C24H28F3N5O2S/c1-15-10-20(24(34)31(15)14-16-6-5-8-28-13-16)29-23(33)21-7-3-4-9-32(21)35-30(2)22-18(26)11-17(25)12-19(22)27/h5-6,8,11-13,15,20-21H,3-4,7,9-10,14H2,1-2H3,(H,29,33). The van der Waals surface area contributed by atoms with Crippen LogP contribution in [0, 0.1) is 17.5 Å². The van der Waals surface area contributed by atoms with Gasteiger partial charge in [-0.15, -0.1) is 0 Å². The molecule has 2 amide bonds. The average Bonchev–Trinajstić information content (AvgIpc) is 3.06. The van der Waals surface area contributed by atoms with Gasteiger partial charge in [0.05, 0.1) is 0 Å². The fourth-order valence-electron chi connectivity index (χ4n) is 4.60. The normalized spacial score (nSPS) is 22.9. The first kappa shape index (κ1) is 25.3. The first-order chi connectivity index (χ1) is 16.7. The van der Waals surface area contributed by atoms with Crippen LogP contribution in [0.1, 0.15) is 38.2 Å². The number of hydrogen-bond acceptors (Lipinski definition) is 6. The third kappa shape index (κ3) is 5.72. The number of carbonyl (C=O) groups is 2. The summed E-state index contributed by atoms with van der Waals surface area (Å²) in [7, 11) is 1.46. The summed E-state index contributed by atoms with van der Waals surface area (Å²) in [6.07, 6.45) is 6.07. The summed E-state index contributed by atoms with van der Waals surface area (Å²) >= 11 is 1.01. The van der Waals surface area contributed by atoms with E-state index < -0.39 is 29.5 Å². The summed E-state index contributed by atoms with van der Waals surface area (Å²) in [5.41, 5.74) is 0.532. The van der Waals surface area contributed by atoms with E-state index in [1.54, 1.807) is 21.6 Å². The highest BCUT2D eigenvalue weighted by Gasteiger charge is 2.40. The number of nitrogens with one attached hydrogen (secondary N) is 1. The van der Waals surface area contributed by atoms with Gasteiger partial charge in [-0.05, 0) is 37.8 Å². The molecule has 11 heteroatoms. The molecule has 1 aromatic heterocycles. The molecule has 3 unspecified atom stereocenters. The molecule has 2 aromatic rings. The number of piperidine rings is 1. The Balaban J connectivity index is 1.41. The Bertz CT molecular complexity index is 1050. The van der Waals surface area contributed by atoms with Gasteiger partial charge in [0.25, 0.3) is 0 Å². The number of anilines is 1. The number of carbonyl (C=O) groups excluding carboxylic acids is 2. The van der Waals surface area contributed by atoms with E-state index in [1.807, 2.05) is 19.1 Å². The molecule has 3 heterocycles. The van der Waals surface area contributed by atoms with Crippen LogP contribution in [0.25, 0.3) is 0 Å². The van der Waals surface area contributed by atoms with Gasteiger partial charge >= 0.3 is 0 Å².